The quantitative estimate of drug-likeness (QED) is 0.745. The largest absolute Gasteiger partial charge is 0.481 e. The molecule has 0 saturated heterocycles. The molecule has 5 heteroatoms. The highest BCUT2D eigenvalue weighted by Crippen LogP contribution is 2.26. The Morgan fingerprint density at radius 1 is 1.43 bits per heavy atom. The van der Waals surface area contributed by atoms with E-state index >= 15 is 0 Å². The van der Waals surface area contributed by atoms with Crippen LogP contribution in [0.2, 0.25) is 0 Å². The van der Waals surface area contributed by atoms with Crippen LogP contribution in [-0.4, -0.2) is 17.1 Å². The Morgan fingerprint density at radius 2 is 2.21 bits per heavy atom. The topological polar surface area (TPSA) is 70.3 Å². The highest BCUT2D eigenvalue weighted by atomic mass is 16.5. The van der Waals surface area contributed by atoms with Crippen molar-refractivity contribution in [2.45, 2.75) is 26.2 Å². The van der Waals surface area contributed by atoms with Gasteiger partial charge in [0.05, 0.1) is 37.6 Å². The Bertz CT molecular complexity index is 352. The summed E-state index contributed by atoms with van der Waals surface area (Å²) in [6.45, 7) is 2.89. The van der Waals surface area contributed by atoms with Crippen molar-refractivity contribution >= 4 is 0 Å². The molecule has 0 radical (unpaired) electrons. The molecule has 1 aromatic rings. The normalized spacial score (nSPS) is 16.5. The Labute approximate surface area is 82.3 Å². The molecular weight excluding hydrogens is 182 g/mol. The summed E-state index contributed by atoms with van der Waals surface area (Å²) in [4.78, 5) is 8.54. The third-order valence-corrected chi connectivity index (χ3v) is 2.16. The lowest BCUT2D eigenvalue weighted by Gasteiger charge is -2.09. The summed E-state index contributed by atoms with van der Waals surface area (Å²) in [6.07, 6.45) is 0. The van der Waals surface area contributed by atoms with Crippen LogP contribution in [0.25, 0.3) is 0 Å². The first-order valence-corrected chi connectivity index (χ1v) is 4.49. The number of hydrogen-bond donors (Lipinski definition) is 1. The molecule has 1 aromatic heterocycles. The summed E-state index contributed by atoms with van der Waals surface area (Å²) < 4.78 is 10.4. The second-order valence-electron chi connectivity index (χ2n) is 3.30. The third kappa shape index (κ3) is 1.44. The van der Waals surface area contributed by atoms with Crippen LogP contribution in [0.4, 0.5) is 0 Å². The van der Waals surface area contributed by atoms with Gasteiger partial charge in [-0.1, -0.05) is 0 Å². The maximum absolute atomic E-state index is 5.71. The number of nitrogens with two attached hydrogens (primary N) is 1. The van der Waals surface area contributed by atoms with Crippen molar-refractivity contribution in [2.75, 3.05) is 7.11 Å². The molecule has 1 aliphatic rings. The molecule has 2 heterocycles. The van der Waals surface area contributed by atoms with Crippen molar-refractivity contribution in [2.24, 2.45) is 5.73 Å². The molecule has 1 unspecified atom stereocenters. The molecule has 0 fully saturated rings. The number of hydrogen-bond acceptors (Lipinski definition) is 5. The van der Waals surface area contributed by atoms with Gasteiger partial charge in [0, 0.05) is 0 Å². The molecule has 0 spiro atoms. The van der Waals surface area contributed by atoms with Crippen molar-refractivity contribution < 1.29 is 9.47 Å². The van der Waals surface area contributed by atoms with E-state index < -0.39 is 0 Å². The molecule has 5 nitrogen and oxygen atoms in total. The van der Waals surface area contributed by atoms with Crippen molar-refractivity contribution in [3.8, 4) is 5.88 Å². The van der Waals surface area contributed by atoms with Gasteiger partial charge in [-0.25, -0.2) is 4.98 Å². The Morgan fingerprint density at radius 3 is 2.86 bits per heavy atom. The summed E-state index contributed by atoms with van der Waals surface area (Å²) in [7, 11) is 1.59. The number of rotatable bonds is 2. The fourth-order valence-corrected chi connectivity index (χ4v) is 1.41. The lowest BCUT2D eigenvalue weighted by molar-refractivity contribution is 0.132. The zero-order chi connectivity index (χ0) is 10.1. The van der Waals surface area contributed by atoms with Crippen molar-refractivity contribution in [1.29, 1.82) is 0 Å². The van der Waals surface area contributed by atoms with Crippen LogP contribution >= 0.6 is 0 Å². The predicted molar refractivity (Wildman–Crippen MR) is 49.7 cm³/mol. The second kappa shape index (κ2) is 3.51. The first-order chi connectivity index (χ1) is 6.72. The summed E-state index contributed by atoms with van der Waals surface area (Å²) in [6, 6.07) is -0.185. The van der Waals surface area contributed by atoms with Crippen molar-refractivity contribution in [3.63, 3.8) is 0 Å². The molecule has 0 saturated carbocycles. The van der Waals surface area contributed by atoms with Gasteiger partial charge in [-0.05, 0) is 6.92 Å². The minimum atomic E-state index is -0.185. The zero-order valence-corrected chi connectivity index (χ0v) is 8.28. The highest BCUT2D eigenvalue weighted by Gasteiger charge is 2.21. The molecule has 2 rings (SSSR count). The molecule has 1 aliphatic heterocycles. The van der Waals surface area contributed by atoms with E-state index in [4.69, 9.17) is 15.2 Å². The second-order valence-corrected chi connectivity index (χ2v) is 3.30. The standard InChI is InChI=1S/C9H13N3O2/c1-5(10)8-11-7-4-14-3-6(7)9(12-8)13-2/h5H,3-4,10H2,1-2H3. The van der Waals surface area contributed by atoms with Gasteiger partial charge < -0.3 is 15.2 Å². The summed E-state index contributed by atoms with van der Waals surface area (Å²) in [5, 5.41) is 0. The number of aromatic nitrogens is 2. The molecular formula is C9H13N3O2. The van der Waals surface area contributed by atoms with Crippen molar-refractivity contribution in [3.05, 3.63) is 17.1 Å². The van der Waals surface area contributed by atoms with E-state index in [1.54, 1.807) is 7.11 Å². The van der Waals surface area contributed by atoms with Crippen LogP contribution < -0.4 is 10.5 Å². The van der Waals surface area contributed by atoms with E-state index in [9.17, 15) is 0 Å². The average Bonchev–Trinajstić information content (AvgIpc) is 2.63. The van der Waals surface area contributed by atoms with Gasteiger partial charge in [0.2, 0.25) is 5.88 Å². The summed E-state index contributed by atoms with van der Waals surface area (Å²) in [5.74, 6) is 1.19. The molecule has 14 heavy (non-hydrogen) atoms. The highest BCUT2D eigenvalue weighted by molar-refractivity contribution is 5.32. The maximum Gasteiger partial charge on any atom is 0.222 e. The van der Waals surface area contributed by atoms with Gasteiger partial charge in [0.25, 0.3) is 0 Å². The van der Waals surface area contributed by atoms with Gasteiger partial charge in [-0.3, -0.25) is 0 Å². The minimum absolute atomic E-state index is 0.185. The first-order valence-electron chi connectivity index (χ1n) is 4.49. The minimum Gasteiger partial charge on any atom is -0.481 e. The Kier molecular flexibility index (Phi) is 2.35. The molecule has 1 atom stereocenters. The molecule has 0 amide bonds. The van der Waals surface area contributed by atoms with Crippen LogP contribution in [0.15, 0.2) is 0 Å². The van der Waals surface area contributed by atoms with Crippen LogP contribution in [0.3, 0.4) is 0 Å². The van der Waals surface area contributed by atoms with Gasteiger partial charge in [-0.15, -0.1) is 0 Å². The molecule has 0 aliphatic carbocycles. The van der Waals surface area contributed by atoms with E-state index in [1.165, 1.54) is 0 Å². The smallest absolute Gasteiger partial charge is 0.222 e. The van der Waals surface area contributed by atoms with Gasteiger partial charge in [0.15, 0.2) is 0 Å². The van der Waals surface area contributed by atoms with Gasteiger partial charge in [-0.2, -0.15) is 4.98 Å². The molecule has 2 N–H and O–H groups in total. The number of nitrogens with zero attached hydrogens (tertiary/aromatic N) is 2. The lowest BCUT2D eigenvalue weighted by atomic mass is 10.2. The molecule has 76 valence electrons. The fraction of sp³-hybridized carbons (Fsp3) is 0.556. The predicted octanol–water partition coefficient (Wildman–Crippen LogP) is 0.535. The van der Waals surface area contributed by atoms with Crippen LogP contribution in [0.5, 0.6) is 5.88 Å². The lowest BCUT2D eigenvalue weighted by Crippen LogP contribution is -2.12. The van der Waals surface area contributed by atoms with E-state index in [0.717, 1.165) is 11.3 Å². The SMILES string of the molecule is COc1nc(C(C)N)nc2c1COC2. The number of methoxy groups -OCH3 is 1. The van der Waals surface area contributed by atoms with E-state index in [1.807, 2.05) is 6.92 Å². The van der Waals surface area contributed by atoms with Gasteiger partial charge >= 0.3 is 0 Å². The van der Waals surface area contributed by atoms with E-state index in [-0.39, 0.29) is 6.04 Å². The fourth-order valence-electron chi connectivity index (χ4n) is 1.41. The van der Waals surface area contributed by atoms with Crippen LogP contribution in [0, 0.1) is 0 Å². The van der Waals surface area contributed by atoms with Gasteiger partial charge in [0.1, 0.15) is 5.82 Å². The van der Waals surface area contributed by atoms with Crippen LogP contribution in [0.1, 0.15) is 30.0 Å². The van der Waals surface area contributed by atoms with E-state index in [0.29, 0.717) is 24.9 Å². The zero-order valence-electron chi connectivity index (χ0n) is 8.28. The first kappa shape index (κ1) is 9.36. The van der Waals surface area contributed by atoms with Crippen molar-refractivity contribution in [1.82, 2.24) is 9.97 Å². The monoisotopic (exact) mass is 195 g/mol. The average molecular weight is 195 g/mol. The Balaban J connectivity index is 2.49. The number of ether oxygens (including phenoxy) is 2. The molecule has 0 bridgehead atoms. The summed E-state index contributed by atoms with van der Waals surface area (Å²) in [5.41, 5.74) is 7.54. The maximum atomic E-state index is 5.71. The van der Waals surface area contributed by atoms with Crippen LogP contribution in [-0.2, 0) is 18.0 Å². The van der Waals surface area contributed by atoms with E-state index in [2.05, 4.69) is 9.97 Å². The number of fused-ring (bicyclic) bond motifs is 1. The molecule has 0 aromatic carbocycles. The Hall–Kier alpha value is -1.20. The summed E-state index contributed by atoms with van der Waals surface area (Å²) >= 11 is 0. The third-order valence-electron chi connectivity index (χ3n) is 2.16.